The Morgan fingerprint density at radius 1 is 1.06 bits per heavy atom. The molecule has 0 aliphatic rings. The summed E-state index contributed by atoms with van der Waals surface area (Å²) in [6.07, 6.45) is 0.466. The van der Waals surface area contributed by atoms with E-state index < -0.39 is 26.0 Å². The average Bonchev–Trinajstić information content (AvgIpc) is 2.63. The van der Waals surface area contributed by atoms with Crippen LogP contribution in [0.2, 0.25) is 5.02 Å². The lowest BCUT2D eigenvalue weighted by Crippen LogP contribution is -2.30. The molecular weight excluding hydrogens is 462 g/mol. The Balaban J connectivity index is 2.34. The fraction of sp³-hybridized carbons (Fsp3) is 0.350. The molecule has 11 heteroatoms. The van der Waals surface area contributed by atoms with E-state index in [4.69, 9.17) is 11.6 Å². The quantitative estimate of drug-likeness (QED) is 0.497. The zero-order valence-electron chi connectivity index (χ0n) is 17.7. The Hall–Kier alpha value is -2.14. The number of hydrogen-bond donors (Lipinski definition) is 3. The van der Waals surface area contributed by atoms with Crippen LogP contribution in [0, 0.1) is 6.92 Å². The maximum absolute atomic E-state index is 12.8. The molecule has 0 saturated carbocycles. The van der Waals surface area contributed by atoms with Crippen LogP contribution in [-0.4, -0.2) is 34.5 Å². The van der Waals surface area contributed by atoms with Gasteiger partial charge in [0.1, 0.15) is 0 Å². The summed E-state index contributed by atoms with van der Waals surface area (Å²) in [5.41, 5.74) is 1.20. The van der Waals surface area contributed by atoms with E-state index in [0.717, 1.165) is 0 Å². The summed E-state index contributed by atoms with van der Waals surface area (Å²) in [4.78, 5) is 12.7. The first kappa shape index (κ1) is 25.1. The third kappa shape index (κ3) is 6.67. The van der Waals surface area contributed by atoms with Gasteiger partial charge in [0, 0.05) is 11.7 Å². The molecule has 0 heterocycles. The van der Waals surface area contributed by atoms with Crippen LogP contribution in [0.5, 0.6) is 0 Å². The van der Waals surface area contributed by atoms with Gasteiger partial charge in [-0.2, -0.15) is 0 Å². The van der Waals surface area contributed by atoms with Crippen molar-refractivity contribution in [3.63, 3.8) is 0 Å². The number of nitrogens with one attached hydrogen (secondary N) is 3. The minimum Gasteiger partial charge on any atom is -0.322 e. The van der Waals surface area contributed by atoms with Crippen molar-refractivity contribution in [3.8, 4) is 0 Å². The smallest absolute Gasteiger partial charge is 0.257 e. The summed E-state index contributed by atoms with van der Waals surface area (Å²) in [6, 6.07) is 8.34. The van der Waals surface area contributed by atoms with Gasteiger partial charge in [0.2, 0.25) is 20.0 Å². The van der Waals surface area contributed by atoms with Crippen LogP contribution in [0.4, 0.5) is 11.4 Å². The van der Waals surface area contributed by atoms with E-state index in [0.29, 0.717) is 23.4 Å². The largest absolute Gasteiger partial charge is 0.322 e. The molecule has 0 atom stereocenters. The second kappa shape index (κ2) is 9.99. The molecule has 2 aromatic rings. The lowest BCUT2D eigenvalue weighted by atomic mass is 10.1. The number of amides is 1. The lowest BCUT2D eigenvalue weighted by Gasteiger charge is -2.15. The first-order valence-electron chi connectivity index (χ1n) is 9.59. The molecule has 0 bridgehead atoms. The molecule has 0 saturated heterocycles. The highest BCUT2D eigenvalue weighted by Gasteiger charge is 2.20. The average molecular weight is 488 g/mol. The van der Waals surface area contributed by atoms with Crippen LogP contribution in [0.15, 0.2) is 41.3 Å². The Bertz CT molecular complexity index is 1180. The predicted octanol–water partition coefficient (Wildman–Crippen LogP) is 3.74. The summed E-state index contributed by atoms with van der Waals surface area (Å²) < 4.78 is 54.0. The van der Waals surface area contributed by atoms with Crippen LogP contribution in [-0.2, 0) is 20.0 Å². The molecule has 31 heavy (non-hydrogen) atoms. The van der Waals surface area contributed by atoms with Gasteiger partial charge in [-0.3, -0.25) is 9.52 Å². The molecule has 0 aliphatic heterocycles. The first-order valence-corrected chi connectivity index (χ1v) is 13.1. The van der Waals surface area contributed by atoms with Gasteiger partial charge in [-0.1, -0.05) is 24.6 Å². The maximum atomic E-state index is 12.8. The van der Waals surface area contributed by atoms with Crippen molar-refractivity contribution in [2.45, 2.75) is 45.1 Å². The van der Waals surface area contributed by atoms with Gasteiger partial charge in [-0.15, -0.1) is 0 Å². The second-order valence-corrected chi connectivity index (χ2v) is 11.2. The number of carbonyl (C=O) groups is 1. The summed E-state index contributed by atoms with van der Waals surface area (Å²) >= 11 is 6.14. The molecule has 2 aromatic carbocycles. The number of anilines is 2. The highest BCUT2D eigenvalue weighted by Crippen LogP contribution is 2.27. The molecule has 8 nitrogen and oxygen atoms in total. The summed E-state index contributed by atoms with van der Waals surface area (Å²) in [5, 5.41) is 2.75. The Labute approximate surface area is 188 Å². The Kier molecular flexibility index (Phi) is 8.09. The van der Waals surface area contributed by atoms with Gasteiger partial charge in [-0.05, 0) is 63.1 Å². The fourth-order valence-corrected chi connectivity index (χ4v) is 5.46. The molecule has 0 aliphatic carbocycles. The molecule has 2 rings (SSSR count). The third-order valence-corrected chi connectivity index (χ3v) is 7.67. The second-order valence-electron chi connectivity index (χ2n) is 7.27. The first-order chi connectivity index (χ1) is 14.4. The van der Waals surface area contributed by atoms with Crippen molar-refractivity contribution in [2.24, 2.45) is 0 Å². The minimum atomic E-state index is -3.81. The van der Waals surface area contributed by atoms with Crippen molar-refractivity contribution in [1.29, 1.82) is 0 Å². The SMILES string of the molecule is CCCS(=O)(=O)Nc1cccc(NC(=O)c2cc(S(=O)(=O)NC(C)C)ccc2Cl)c1C. The van der Waals surface area contributed by atoms with Crippen molar-refractivity contribution in [3.05, 3.63) is 52.5 Å². The number of carbonyl (C=O) groups excluding carboxylic acids is 1. The molecule has 0 fully saturated rings. The fourth-order valence-electron chi connectivity index (χ4n) is 2.78. The molecule has 0 aromatic heterocycles. The van der Waals surface area contributed by atoms with Crippen molar-refractivity contribution in [2.75, 3.05) is 15.8 Å². The van der Waals surface area contributed by atoms with E-state index in [2.05, 4.69) is 14.8 Å². The van der Waals surface area contributed by atoms with Gasteiger partial charge >= 0.3 is 0 Å². The molecule has 0 radical (unpaired) electrons. The number of benzene rings is 2. The normalized spacial score (nSPS) is 12.1. The predicted molar refractivity (Wildman–Crippen MR) is 124 cm³/mol. The van der Waals surface area contributed by atoms with Gasteiger partial charge in [0.15, 0.2) is 0 Å². The number of sulfonamides is 2. The van der Waals surface area contributed by atoms with Crippen LogP contribution >= 0.6 is 11.6 Å². The van der Waals surface area contributed by atoms with Gasteiger partial charge in [0.25, 0.3) is 5.91 Å². The maximum Gasteiger partial charge on any atom is 0.257 e. The van der Waals surface area contributed by atoms with Gasteiger partial charge in [0.05, 0.1) is 26.9 Å². The monoisotopic (exact) mass is 487 g/mol. The molecule has 170 valence electrons. The zero-order chi connectivity index (χ0) is 23.4. The molecule has 0 spiro atoms. The molecule has 0 unspecified atom stereocenters. The van der Waals surface area contributed by atoms with Crippen molar-refractivity contribution < 1.29 is 21.6 Å². The highest BCUT2D eigenvalue weighted by atomic mass is 35.5. The van der Waals surface area contributed by atoms with Gasteiger partial charge < -0.3 is 5.32 Å². The van der Waals surface area contributed by atoms with Crippen molar-refractivity contribution >= 4 is 48.9 Å². The number of halogens is 1. The van der Waals surface area contributed by atoms with Crippen LogP contribution < -0.4 is 14.8 Å². The van der Waals surface area contributed by atoms with Gasteiger partial charge in [-0.25, -0.2) is 21.6 Å². The van der Waals surface area contributed by atoms with E-state index >= 15 is 0 Å². The van der Waals surface area contributed by atoms with E-state index in [9.17, 15) is 21.6 Å². The van der Waals surface area contributed by atoms with Crippen molar-refractivity contribution in [1.82, 2.24) is 4.72 Å². The van der Waals surface area contributed by atoms with Crippen LogP contribution in [0.1, 0.15) is 43.1 Å². The number of hydrogen-bond acceptors (Lipinski definition) is 5. The standard InChI is InChI=1S/C20H26ClN3O5S2/c1-5-11-30(26,27)24-19-8-6-7-18(14(19)4)22-20(25)16-12-15(9-10-17(16)21)31(28,29)23-13(2)3/h6-10,12-13,23-24H,5,11H2,1-4H3,(H,22,25). The van der Waals surface area contributed by atoms with E-state index in [-0.39, 0.29) is 27.3 Å². The minimum absolute atomic E-state index is 0.0235. The molecule has 3 N–H and O–H groups in total. The van der Waals surface area contributed by atoms with Crippen LogP contribution in [0.3, 0.4) is 0 Å². The Morgan fingerprint density at radius 3 is 2.32 bits per heavy atom. The summed E-state index contributed by atoms with van der Waals surface area (Å²) in [7, 11) is -7.31. The topological polar surface area (TPSA) is 121 Å². The summed E-state index contributed by atoms with van der Waals surface area (Å²) in [6.45, 7) is 6.79. The molecular formula is C20H26ClN3O5S2. The zero-order valence-corrected chi connectivity index (χ0v) is 20.1. The van der Waals surface area contributed by atoms with E-state index in [1.807, 2.05) is 0 Å². The summed E-state index contributed by atoms with van der Waals surface area (Å²) in [5.74, 6) is -0.645. The van der Waals surface area contributed by atoms with Crippen LogP contribution in [0.25, 0.3) is 0 Å². The number of rotatable bonds is 9. The Morgan fingerprint density at radius 2 is 1.71 bits per heavy atom. The van der Waals surface area contributed by atoms with E-state index in [1.165, 1.54) is 18.2 Å². The molecule has 1 amide bonds. The lowest BCUT2D eigenvalue weighted by molar-refractivity contribution is 0.102. The third-order valence-electron chi connectivity index (χ3n) is 4.20. The van der Waals surface area contributed by atoms with E-state index in [1.54, 1.807) is 45.9 Å². The highest BCUT2D eigenvalue weighted by molar-refractivity contribution is 7.92.